The van der Waals surface area contributed by atoms with Gasteiger partial charge in [0.2, 0.25) is 0 Å². The molecule has 0 aliphatic heterocycles. The molecule has 1 unspecified atom stereocenters. The van der Waals surface area contributed by atoms with Gasteiger partial charge >= 0.3 is 13.7 Å². The van der Waals surface area contributed by atoms with Gasteiger partial charge in [0.05, 0.1) is 5.33 Å². The summed E-state index contributed by atoms with van der Waals surface area (Å²) in [6, 6.07) is 0. The van der Waals surface area contributed by atoms with Crippen LogP contribution in [0.4, 0.5) is 8.78 Å². The predicted molar refractivity (Wildman–Crippen MR) is 40.2 cm³/mol. The zero-order valence-electron chi connectivity index (χ0n) is 5.76. The molecule has 0 radical (unpaired) electrons. The Morgan fingerprint density at radius 1 is 1.73 bits per heavy atom. The lowest BCUT2D eigenvalue weighted by Crippen LogP contribution is -2.21. The first kappa shape index (κ1) is 11.5. The van der Waals surface area contributed by atoms with E-state index in [0.29, 0.717) is 0 Å². The van der Waals surface area contributed by atoms with Crippen LogP contribution in [0.2, 0.25) is 0 Å². The maximum atomic E-state index is 12.2. The van der Waals surface area contributed by atoms with Crippen molar-refractivity contribution in [2.45, 2.75) is 13.0 Å². The van der Waals surface area contributed by atoms with Gasteiger partial charge in [0, 0.05) is 6.16 Å². The number of hydrogen-bond acceptors (Lipinski definition) is 2. The molecule has 7 heteroatoms. The van der Waals surface area contributed by atoms with E-state index < -0.39 is 19.0 Å². The van der Waals surface area contributed by atoms with Crippen LogP contribution in [0.5, 0.6) is 0 Å². The van der Waals surface area contributed by atoms with Crippen LogP contribution in [0.3, 0.4) is 0 Å². The third-order valence-corrected chi connectivity index (χ3v) is 2.84. The minimum Gasteiger partial charge on any atom is -0.324 e. The quantitative estimate of drug-likeness (QED) is 0.617. The fraction of sp³-hybridized carbons (Fsp3) is 1.00. The lowest BCUT2D eigenvalue weighted by Gasteiger charge is -2.16. The van der Waals surface area contributed by atoms with Crippen molar-refractivity contribution in [3.05, 3.63) is 0 Å². The molecule has 0 fully saturated rings. The third-order valence-electron chi connectivity index (χ3n) is 0.831. The molecular formula is C4H8BrF2O3P. The first-order chi connectivity index (χ1) is 4.83. The molecule has 3 nitrogen and oxygen atoms in total. The van der Waals surface area contributed by atoms with Gasteiger partial charge in [0.1, 0.15) is 0 Å². The summed E-state index contributed by atoms with van der Waals surface area (Å²) in [5.41, 5.74) is 0. The summed E-state index contributed by atoms with van der Waals surface area (Å²) in [5, 5.41) is -0.787. The van der Waals surface area contributed by atoms with Gasteiger partial charge in [-0.2, -0.15) is 8.78 Å². The minimum absolute atomic E-state index is 0.324. The van der Waals surface area contributed by atoms with E-state index in [9.17, 15) is 13.3 Å². The SMILES string of the molecule is CCP(=O)(O)OC(F)(F)CBr. The maximum Gasteiger partial charge on any atom is 0.372 e. The number of halogens is 3. The average Bonchev–Trinajstić information content (AvgIpc) is 1.86. The second kappa shape index (κ2) is 3.94. The molecule has 0 saturated heterocycles. The zero-order valence-corrected chi connectivity index (χ0v) is 8.24. The second-order valence-corrected chi connectivity index (χ2v) is 4.47. The van der Waals surface area contributed by atoms with Gasteiger partial charge in [-0.15, -0.1) is 0 Å². The highest BCUT2D eigenvalue weighted by molar-refractivity contribution is 9.09. The first-order valence-electron chi connectivity index (χ1n) is 2.79. The van der Waals surface area contributed by atoms with Crippen LogP contribution in [0, 0.1) is 0 Å². The molecular weight excluding hydrogens is 245 g/mol. The number of rotatable bonds is 4. The Morgan fingerprint density at radius 3 is 2.45 bits per heavy atom. The molecule has 0 aromatic rings. The fourth-order valence-corrected chi connectivity index (χ4v) is 1.20. The van der Waals surface area contributed by atoms with Gasteiger partial charge in [-0.05, 0) is 0 Å². The van der Waals surface area contributed by atoms with E-state index in [4.69, 9.17) is 4.89 Å². The molecule has 11 heavy (non-hydrogen) atoms. The predicted octanol–water partition coefficient (Wildman–Crippen LogP) is 2.20. The van der Waals surface area contributed by atoms with E-state index >= 15 is 0 Å². The van der Waals surface area contributed by atoms with Crippen molar-refractivity contribution in [3.8, 4) is 0 Å². The summed E-state index contributed by atoms with van der Waals surface area (Å²) in [4.78, 5) is 8.62. The van der Waals surface area contributed by atoms with Crippen molar-refractivity contribution < 1.29 is 22.8 Å². The summed E-state index contributed by atoms with van der Waals surface area (Å²) in [6.45, 7) is 1.30. The maximum absolute atomic E-state index is 12.2. The summed E-state index contributed by atoms with van der Waals surface area (Å²) < 4.78 is 38.7. The lowest BCUT2D eigenvalue weighted by atomic mass is 10.8. The van der Waals surface area contributed by atoms with Crippen LogP contribution < -0.4 is 0 Å². The first-order valence-corrected chi connectivity index (χ1v) is 5.68. The summed E-state index contributed by atoms with van der Waals surface area (Å²) >= 11 is 2.45. The largest absolute Gasteiger partial charge is 0.372 e. The Kier molecular flexibility index (Phi) is 4.11. The van der Waals surface area contributed by atoms with Crippen molar-refractivity contribution in [2.75, 3.05) is 11.5 Å². The van der Waals surface area contributed by atoms with Crippen molar-refractivity contribution >= 4 is 23.5 Å². The van der Waals surface area contributed by atoms with Gasteiger partial charge < -0.3 is 4.89 Å². The molecule has 0 rings (SSSR count). The number of hydrogen-bond donors (Lipinski definition) is 1. The van der Waals surface area contributed by atoms with Gasteiger partial charge in [-0.25, -0.2) is 4.52 Å². The molecule has 0 amide bonds. The highest BCUT2D eigenvalue weighted by Gasteiger charge is 2.36. The topological polar surface area (TPSA) is 46.5 Å². The van der Waals surface area contributed by atoms with Crippen LogP contribution in [0.25, 0.3) is 0 Å². The van der Waals surface area contributed by atoms with Crippen molar-refractivity contribution in [1.82, 2.24) is 0 Å². The van der Waals surface area contributed by atoms with Gasteiger partial charge in [0.15, 0.2) is 0 Å². The molecule has 1 N–H and O–H groups in total. The minimum atomic E-state index is -4.09. The molecule has 0 aromatic carbocycles. The van der Waals surface area contributed by atoms with Crippen molar-refractivity contribution in [3.63, 3.8) is 0 Å². The van der Waals surface area contributed by atoms with Gasteiger partial charge in [-0.1, -0.05) is 22.9 Å². The molecule has 0 aliphatic rings. The molecule has 0 saturated carbocycles. The smallest absolute Gasteiger partial charge is 0.324 e. The van der Waals surface area contributed by atoms with Crippen LogP contribution in [-0.4, -0.2) is 22.5 Å². The Bertz CT molecular complexity index is 175. The van der Waals surface area contributed by atoms with E-state index in [1.165, 1.54) is 6.92 Å². The molecule has 68 valence electrons. The molecule has 0 aromatic heterocycles. The third kappa shape index (κ3) is 4.85. The molecule has 0 bridgehead atoms. The second-order valence-electron chi connectivity index (χ2n) is 1.82. The Morgan fingerprint density at radius 2 is 2.18 bits per heavy atom. The average molecular weight is 253 g/mol. The van der Waals surface area contributed by atoms with Crippen LogP contribution in [0.15, 0.2) is 0 Å². The molecule has 0 heterocycles. The Balaban J connectivity index is 4.14. The van der Waals surface area contributed by atoms with Crippen LogP contribution in [0.1, 0.15) is 6.92 Å². The molecule has 1 atom stereocenters. The molecule has 0 spiro atoms. The zero-order chi connectivity index (χ0) is 9.12. The highest BCUT2D eigenvalue weighted by atomic mass is 79.9. The Labute approximate surface area is 71.4 Å². The summed E-state index contributed by atoms with van der Waals surface area (Å²) in [6.07, 6.45) is -3.89. The molecule has 0 aliphatic carbocycles. The normalized spacial score (nSPS) is 17.9. The van der Waals surface area contributed by atoms with E-state index in [1.807, 2.05) is 0 Å². The lowest BCUT2D eigenvalue weighted by molar-refractivity contribution is -0.157. The van der Waals surface area contributed by atoms with E-state index in [0.717, 1.165) is 0 Å². The summed E-state index contributed by atoms with van der Waals surface area (Å²) in [7, 11) is -4.09. The highest BCUT2D eigenvalue weighted by Crippen LogP contribution is 2.46. The van der Waals surface area contributed by atoms with E-state index in [-0.39, 0.29) is 6.16 Å². The Hall–Kier alpha value is 0.490. The fourth-order valence-electron chi connectivity index (χ4n) is 0.298. The van der Waals surface area contributed by atoms with Crippen molar-refractivity contribution in [2.24, 2.45) is 0 Å². The summed E-state index contributed by atoms with van der Waals surface area (Å²) in [5.74, 6) is 0. The van der Waals surface area contributed by atoms with Gasteiger partial charge in [0.25, 0.3) is 0 Å². The standard InChI is InChI=1S/C4H8BrF2O3P/c1-2-11(8,9)10-4(6,7)3-5/h2-3H2,1H3,(H,8,9). The van der Waals surface area contributed by atoms with E-state index in [1.54, 1.807) is 0 Å². The monoisotopic (exact) mass is 252 g/mol. The van der Waals surface area contributed by atoms with E-state index in [2.05, 4.69) is 20.5 Å². The van der Waals surface area contributed by atoms with Crippen LogP contribution in [-0.2, 0) is 9.09 Å². The van der Waals surface area contributed by atoms with Crippen LogP contribution >= 0.6 is 23.5 Å². The van der Waals surface area contributed by atoms with Crippen molar-refractivity contribution in [1.29, 1.82) is 0 Å². The number of alkyl halides is 3. The van der Waals surface area contributed by atoms with Gasteiger partial charge in [-0.3, -0.25) is 4.57 Å².